The van der Waals surface area contributed by atoms with Gasteiger partial charge in [0.05, 0.1) is 43.1 Å². The fourth-order valence-electron chi connectivity index (χ4n) is 4.38. The summed E-state index contributed by atoms with van der Waals surface area (Å²) in [7, 11) is 2.95. The summed E-state index contributed by atoms with van der Waals surface area (Å²) < 4.78 is 17.1. The van der Waals surface area contributed by atoms with Crippen molar-refractivity contribution in [1.82, 2.24) is 9.55 Å². The maximum absolute atomic E-state index is 13.0. The molecule has 2 aromatic carbocycles. The Morgan fingerprint density at radius 3 is 2.64 bits per heavy atom. The third-order valence-electron chi connectivity index (χ3n) is 6.18. The number of thioether (sulfide) groups is 1. The van der Waals surface area contributed by atoms with Gasteiger partial charge in [0.1, 0.15) is 6.10 Å². The van der Waals surface area contributed by atoms with Crippen molar-refractivity contribution in [2.45, 2.75) is 30.4 Å². The van der Waals surface area contributed by atoms with Gasteiger partial charge in [-0.05, 0) is 37.1 Å². The van der Waals surface area contributed by atoms with E-state index in [1.165, 1.54) is 30.9 Å². The zero-order chi connectivity index (χ0) is 25.4. The summed E-state index contributed by atoms with van der Waals surface area (Å²) in [5.41, 5.74) is 0.705. The molecule has 5 rings (SSSR count). The molecule has 2 aliphatic rings. The highest BCUT2D eigenvalue weighted by molar-refractivity contribution is 8.00. The van der Waals surface area contributed by atoms with E-state index in [9.17, 15) is 19.2 Å². The number of aromatic amines is 1. The molecule has 188 valence electrons. The van der Waals surface area contributed by atoms with Gasteiger partial charge in [-0.15, -0.1) is 11.8 Å². The minimum absolute atomic E-state index is 0.0805. The lowest BCUT2D eigenvalue weighted by molar-refractivity contribution is -0.113. The van der Waals surface area contributed by atoms with Crippen LogP contribution in [0.4, 0.5) is 16.2 Å². The van der Waals surface area contributed by atoms with Crippen LogP contribution in [0.25, 0.3) is 10.9 Å². The number of ether oxygens (including phenoxy) is 3. The van der Waals surface area contributed by atoms with E-state index in [4.69, 9.17) is 14.2 Å². The lowest BCUT2D eigenvalue weighted by atomic mass is 10.1. The van der Waals surface area contributed by atoms with Crippen molar-refractivity contribution in [2.24, 2.45) is 0 Å². The Labute approximate surface area is 209 Å². The summed E-state index contributed by atoms with van der Waals surface area (Å²) in [6, 6.07) is 8.56. The Bertz CT molecular complexity index is 1480. The average Bonchev–Trinajstić information content (AvgIpc) is 3.24. The van der Waals surface area contributed by atoms with Gasteiger partial charge in [0.25, 0.3) is 5.56 Å². The molecule has 1 atom stereocenters. The van der Waals surface area contributed by atoms with Crippen LogP contribution in [-0.2, 0) is 16.1 Å². The van der Waals surface area contributed by atoms with Crippen LogP contribution in [0.1, 0.15) is 12.8 Å². The second kappa shape index (κ2) is 9.61. The molecule has 2 amide bonds. The van der Waals surface area contributed by atoms with Gasteiger partial charge >= 0.3 is 11.8 Å². The quantitative estimate of drug-likeness (QED) is 0.494. The van der Waals surface area contributed by atoms with Crippen molar-refractivity contribution in [3.05, 3.63) is 51.2 Å². The Hall–Kier alpha value is -3.93. The molecule has 0 unspecified atom stereocenters. The second-order valence-electron chi connectivity index (χ2n) is 8.42. The molecule has 2 N–H and O–H groups in total. The molecule has 0 bridgehead atoms. The van der Waals surface area contributed by atoms with Crippen LogP contribution in [0, 0.1) is 0 Å². The summed E-state index contributed by atoms with van der Waals surface area (Å²) in [6.45, 7) is 0.493. The molecular weight excluding hydrogens is 488 g/mol. The molecule has 0 radical (unpaired) electrons. The number of nitrogens with zero attached hydrogens (tertiary/aromatic N) is 2. The molecule has 1 saturated heterocycles. The maximum atomic E-state index is 13.0. The molecule has 1 aromatic heterocycles. The number of methoxy groups -OCH3 is 2. The SMILES string of the molecule is COc1cc2[nH]c(=O)n(CCC[C@@H]3CN(c4ccc5c(c4)NC(=O)CS5)C(=O)O3)c(=O)c2cc1OC. The molecule has 36 heavy (non-hydrogen) atoms. The first kappa shape index (κ1) is 23.8. The van der Waals surface area contributed by atoms with E-state index >= 15 is 0 Å². The number of carbonyl (C=O) groups excluding carboxylic acids is 2. The van der Waals surface area contributed by atoms with Crippen LogP contribution in [0.5, 0.6) is 11.5 Å². The van der Waals surface area contributed by atoms with Gasteiger partial charge < -0.3 is 24.5 Å². The van der Waals surface area contributed by atoms with E-state index < -0.39 is 23.4 Å². The Morgan fingerprint density at radius 1 is 1.08 bits per heavy atom. The Morgan fingerprint density at radius 2 is 1.86 bits per heavy atom. The average molecular weight is 513 g/mol. The Balaban J connectivity index is 1.27. The van der Waals surface area contributed by atoms with Gasteiger partial charge in [0.2, 0.25) is 5.91 Å². The predicted molar refractivity (Wildman–Crippen MR) is 135 cm³/mol. The van der Waals surface area contributed by atoms with Gasteiger partial charge in [-0.25, -0.2) is 9.59 Å². The highest BCUT2D eigenvalue weighted by Crippen LogP contribution is 2.36. The number of benzene rings is 2. The number of fused-ring (bicyclic) bond motifs is 2. The van der Waals surface area contributed by atoms with Crippen molar-refractivity contribution >= 4 is 46.0 Å². The number of aromatic nitrogens is 2. The van der Waals surface area contributed by atoms with Crippen LogP contribution < -0.4 is 30.9 Å². The fourth-order valence-corrected chi connectivity index (χ4v) is 5.17. The molecule has 0 saturated carbocycles. The molecule has 0 spiro atoms. The first-order valence-electron chi connectivity index (χ1n) is 11.3. The third-order valence-corrected chi connectivity index (χ3v) is 7.25. The maximum Gasteiger partial charge on any atom is 0.414 e. The summed E-state index contributed by atoms with van der Waals surface area (Å²) in [6.07, 6.45) is 0.0497. The van der Waals surface area contributed by atoms with E-state index in [2.05, 4.69) is 10.3 Å². The predicted octanol–water partition coefficient (Wildman–Crippen LogP) is 2.56. The Kier molecular flexibility index (Phi) is 6.35. The molecule has 3 heterocycles. The van der Waals surface area contributed by atoms with Crippen molar-refractivity contribution < 1.29 is 23.8 Å². The minimum Gasteiger partial charge on any atom is -0.493 e. The smallest absolute Gasteiger partial charge is 0.414 e. The number of hydrogen-bond donors (Lipinski definition) is 2. The first-order chi connectivity index (χ1) is 17.4. The van der Waals surface area contributed by atoms with Gasteiger partial charge in [-0.3, -0.25) is 19.1 Å². The van der Waals surface area contributed by atoms with Crippen LogP contribution in [0.2, 0.25) is 0 Å². The number of amides is 2. The number of anilines is 2. The molecule has 11 nitrogen and oxygen atoms in total. The summed E-state index contributed by atoms with van der Waals surface area (Å²) in [5.74, 6) is 1.08. The minimum atomic E-state index is -0.529. The van der Waals surface area contributed by atoms with E-state index in [0.29, 0.717) is 58.9 Å². The topological polar surface area (TPSA) is 132 Å². The van der Waals surface area contributed by atoms with Crippen molar-refractivity contribution in [1.29, 1.82) is 0 Å². The van der Waals surface area contributed by atoms with Crippen molar-refractivity contribution in [3.63, 3.8) is 0 Å². The number of rotatable bonds is 7. The summed E-state index contributed by atoms with van der Waals surface area (Å²) in [4.78, 5) is 54.9. The number of cyclic esters (lactones) is 1. The molecule has 3 aromatic rings. The van der Waals surface area contributed by atoms with Gasteiger partial charge in [0, 0.05) is 23.2 Å². The zero-order valence-corrected chi connectivity index (χ0v) is 20.5. The number of nitrogens with one attached hydrogen (secondary N) is 2. The standard InChI is InChI=1S/C24H24N4O7S/c1-33-18-9-15-16(10-19(18)34-2)26-23(31)27(22(15)30)7-3-4-14-11-28(24(32)35-14)13-5-6-20-17(8-13)25-21(29)12-36-20/h5-6,8-10,14H,3-4,7,11-12H2,1-2H3,(H,25,29)(H,26,31)/t14-/m1/s1. The molecule has 12 heteroatoms. The summed E-state index contributed by atoms with van der Waals surface area (Å²) in [5, 5.41) is 3.13. The molecule has 0 aliphatic carbocycles. The fraction of sp³-hybridized carbons (Fsp3) is 0.333. The van der Waals surface area contributed by atoms with Crippen molar-refractivity contribution in [2.75, 3.05) is 36.7 Å². The monoisotopic (exact) mass is 512 g/mol. The van der Waals surface area contributed by atoms with E-state index in [0.717, 1.165) is 9.46 Å². The van der Waals surface area contributed by atoms with Crippen LogP contribution in [0.3, 0.4) is 0 Å². The lowest BCUT2D eigenvalue weighted by Crippen LogP contribution is -2.35. The second-order valence-corrected chi connectivity index (χ2v) is 9.43. The number of carbonyl (C=O) groups is 2. The molecule has 2 aliphatic heterocycles. The van der Waals surface area contributed by atoms with E-state index in [-0.39, 0.29) is 12.5 Å². The molecular formula is C24H24N4O7S. The number of H-pyrrole nitrogens is 1. The van der Waals surface area contributed by atoms with Crippen molar-refractivity contribution in [3.8, 4) is 11.5 Å². The largest absolute Gasteiger partial charge is 0.493 e. The van der Waals surface area contributed by atoms with Gasteiger partial charge in [-0.1, -0.05) is 0 Å². The zero-order valence-electron chi connectivity index (χ0n) is 19.7. The van der Waals surface area contributed by atoms with Gasteiger partial charge in [-0.2, -0.15) is 0 Å². The van der Waals surface area contributed by atoms with Gasteiger partial charge in [0.15, 0.2) is 11.5 Å². The first-order valence-corrected chi connectivity index (χ1v) is 12.3. The molecule has 1 fully saturated rings. The van der Waals surface area contributed by atoms with E-state index in [1.807, 2.05) is 12.1 Å². The van der Waals surface area contributed by atoms with E-state index in [1.54, 1.807) is 18.2 Å². The normalized spacial score (nSPS) is 17.1. The highest BCUT2D eigenvalue weighted by atomic mass is 32.2. The van der Waals surface area contributed by atoms with Crippen LogP contribution in [0.15, 0.2) is 44.8 Å². The third kappa shape index (κ3) is 4.39. The number of hydrogen-bond acceptors (Lipinski definition) is 8. The highest BCUT2D eigenvalue weighted by Gasteiger charge is 2.32. The van der Waals surface area contributed by atoms with Crippen LogP contribution >= 0.6 is 11.8 Å². The van der Waals surface area contributed by atoms with Crippen LogP contribution in [-0.4, -0.2) is 54.2 Å². The lowest BCUT2D eigenvalue weighted by Gasteiger charge is -2.20. The summed E-state index contributed by atoms with van der Waals surface area (Å²) >= 11 is 1.45.